The van der Waals surface area contributed by atoms with Gasteiger partial charge in [0.1, 0.15) is 5.82 Å². The SMILES string of the molecule is OC(Cc1ccc(Cl)cc1Cl)c1cc(Br)ccc1F. The summed E-state index contributed by atoms with van der Waals surface area (Å²) in [5.74, 6) is -0.444. The molecule has 2 aromatic carbocycles. The summed E-state index contributed by atoms with van der Waals surface area (Å²) >= 11 is 15.1. The van der Waals surface area contributed by atoms with Crippen molar-refractivity contribution in [3.63, 3.8) is 0 Å². The monoisotopic (exact) mass is 362 g/mol. The Morgan fingerprint density at radius 1 is 1.16 bits per heavy atom. The Morgan fingerprint density at radius 2 is 1.89 bits per heavy atom. The molecule has 0 aliphatic heterocycles. The molecular formula is C14H10BrCl2FO. The van der Waals surface area contributed by atoms with Gasteiger partial charge in [0.15, 0.2) is 0 Å². The van der Waals surface area contributed by atoms with Crippen LogP contribution in [0.25, 0.3) is 0 Å². The van der Waals surface area contributed by atoms with Crippen molar-refractivity contribution in [2.75, 3.05) is 0 Å². The summed E-state index contributed by atoms with van der Waals surface area (Å²) in [5.41, 5.74) is 0.957. The molecule has 100 valence electrons. The molecule has 0 aromatic heterocycles. The topological polar surface area (TPSA) is 20.2 Å². The van der Waals surface area contributed by atoms with Gasteiger partial charge in [-0.2, -0.15) is 0 Å². The van der Waals surface area contributed by atoms with Gasteiger partial charge in [-0.1, -0.05) is 45.2 Å². The Morgan fingerprint density at radius 3 is 2.58 bits per heavy atom. The summed E-state index contributed by atoms with van der Waals surface area (Å²) in [6, 6.07) is 9.47. The molecule has 0 aliphatic rings. The summed E-state index contributed by atoms with van der Waals surface area (Å²) in [6.45, 7) is 0. The fraction of sp³-hybridized carbons (Fsp3) is 0.143. The van der Waals surface area contributed by atoms with Crippen molar-refractivity contribution >= 4 is 39.1 Å². The van der Waals surface area contributed by atoms with E-state index in [2.05, 4.69) is 15.9 Å². The van der Waals surface area contributed by atoms with Crippen molar-refractivity contribution in [1.82, 2.24) is 0 Å². The van der Waals surface area contributed by atoms with Crippen LogP contribution in [0, 0.1) is 5.82 Å². The minimum Gasteiger partial charge on any atom is -0.388 e. The Labute approximate surface area is 129 Å². The second-order valence-electron chi connectivity index (χ2n) is 4.12. The highest BCUT2D eigenvalue weighted by Gasteiger charge is 2.15. The van der Waals surface area contributed by atoms with Crippen LogP contribution < -0.4 is 0 Å². The molecule has 0 bridgehead atoms. The van der Waals surface area contributed by atoms with Crippen LogP contribution in [0.5, 0.6) is 0 Å². The van der Waals surface area contributed by atoms with Gasteiger partial charge >= 0.3 is 0 Å². The van der Waals surface area contributed by atoms with E-state index in [1.807, 2.05) is 0 Å². The summed E-state index contributed by atoms with van der Waals surface area (Å²) in [5, 5.41) is 11.1. The molecule has 1 unspecified atom stereocenters. The standard InChI is InChI=1S/C14H10BrCl2FO/c15-9-2-4-13(18)11(6-9)14(19)5-8-1-3-10(16)7-12(8)17/h1-4,6-7,14,19H,5H2. The van der Waals surface area contributed by atoms with Gasteiger partial charge in [0.2, 0.25) is 0 Å². The fourth-order valence-electron chi connectivity index (χ4n) is 1.78. The molecule has 2 aromatic rings. The van der Waals surface area contributed by atoms with E-state index in [4.69, 9.17) is 23.2 Å². The quantitative estimate of drug-likeness (QED) is 0.797. The molecule has 0 fully saturated rings. The molecule has 2 rings (SSSR count). The Bertz CT molecular complexity index is 604. The van der Waals surface area contributed by atoms with Crippen LogP contribution in [0.2, 0.25) is 10.0 Å². The van der Waals surface area contributed by atoms with E-state index in [1.54, 1.807) is 30.3 Å². The molecule has 0 heterocycles. The van der Waals surface area contributed by atoms with Gasteiger partial charge in [0.05, 0.1) is 6.10 Å². The highest BCUT2D eigenvalue weighted by molar-refractivity contribution is 9.10. The zero-order chi connectivity index (χ0) is 14.0. The van der Waals surface area contributed by atoms with Gasteiger partial charge in [-0.3, -0.25) is 0 Å². The largest absolute Gasteiger partial charge is 0.388 e. The van der Waals surface area contributed by atoms with Crippen molar-refractivity contribution in [3.05, 3.63) is 67.9 Å². The van der Waals surface area contributed by atoms with E-state index in [9.17, 15) is 9.50 Å². The van der Waals surface area contributed by atoms with E-state index in [0.29, 0.717) is 14.5 Å². The number of halogens is 4. The second kappa shape index (κ2) is 6.23. The Hall–Kier alpha value is -0.610. The lowest BCUT2D eigenvalue weighted by atomic mass is 10.0. The molecule has 1 N–H and O–H groups in total. The minimum atomic E-state index is -0.962. The third-order valence-electron chi connectivity index (χ3n) is 2.75. The van der Waals surface area contributed by atoms with E-state index in [1.165, 1.54) is 6.07 Å². The van der Waals surface area contributed by atoms with E-state index in [-0.39, 0.29) is 12.0 Å². The lowest BCUT2D eigenvalue weighted by Gasteiger charge is -2.13. The first kappa shape index (κ1) is 14.8. The van der Waals surface area contributed by atoms with E-state index >= 15 is 0 Å². The van der Waals surface area contributed by atoms with E-state index < -0.39 is 11.9 Å². The maximum absolute atomic E-state index is 13.7. The number of rotatable bonds is 3. The normalized spacial score (nSPS) is 12.5. The highest BCUT2D eigenvalue weighted by Crippen LogP contribution is 2.28. The molecule has 19 heavy (non-hydrogen) atoms. The first-order valence-electron chi connectivity index (χ1n) is 5.54. The lowest BCUT2D eigenvalue weighted by Crippen LogP contribution is -2.05. The molecule has 0 radical (unpaired) electrons. The molecule has 0 saturated carbocycles. The van der Waals surface area contributed by atoms with Crippen LogP contribution >= 0.6 is 39.1 Å². The predicted octanol–water partition coefficient (Wildman–Crippen LogP) is 5.17. The molecule has 0 saturated heterocycles. The molecule has 0 spiro atoms. The number of hydrogen-bond acceptors (Lipinski definition) is 1. The third kappa shape index (κ3) is 3.69. The molecule has 5 heteroatoms. The Balaban J connectivity index is 2.25. The maximum Gasteiger partial charge on any atom is 0.129 e. The average molecular weight is 364 g/mol. The van der Waals surface area contributed by atoms with Crippen LogP contribution in [0.1, 0.15) is 17.2 Å². The Kier molecular flexibility index (Phi) is 4.85. The van der Waals surface area contributed by atoms with Crippen LogP contribution in [-0.4, -0.2) is 5.11 Å². The summed E-state index contributed by atoms with van der Waals surface area (Å²) in [6.07, 6.45) is -0.736. The van der Waals surface area contributed by atoms with Gasteiger partial charge in [0, 0.05) is 26.5 Å². The zero-order valence-corrected chi connectivity index (χ0v) is 12.8. The lowest BCUT2D eigenvalue weighted by molar-refractivity contribution is 0.173. The van der Waals surface area contributed by atoms with Gasteiger partial charge in [-0.05, 0) is 35.9 Å². The van der Waals surface area contributed by atoms with Crippen molar-refractivity contribution in [1.29, 1.82) is 0 Å². The number of aliphatic hydroxyl groups is 1. The number of hydrogen-bond donors (Lipinski definition) is 1. The number of benzene rings is 2. The first-order chi connectivity index (χ1) is 8.97. The summed E-state index contributed by atoms with van der Waals surface area (Å²) in [7, 11) is 0. The van der Waals surface area contributed by atoms with Gasteiger partial charge < -0.3 is 5.11 Å². The van der Waals surface area contributed by atoms with Crippen LogP contribution in [0.4, 0.5) is 4.39 Å². The van der Waals surface area contributed by atoms with Crippen molar-refractivity contribution in [2.45, 2.75) is 12.5 Å². The van der Waals surface area contributed by atoms with Crippen molar-refractivity contribution < 1.29 is 9.50 Å². The van der Waals surface area contributed by atoms with Gasteiger partial charge in [-0.15, -0.1) is 0 Å². The van der Waals surface area contributed by atoms with Crippen LogP contribution in [0.3, 0.4) is 0 Å². The van der Waals surface area contributed by atoms with Crippen LogP contribution in [0.15, 0.2) is 40.9 Å². The zero-order valence-electron chi connectivity index (χ0n) is 9.71. The first-order valence-corrected chi connectivity index (χ1v) is 7.09. The van der Waals surface area contributed by atoms with Gasteiger partial charge in [0.25, 0.3) is 0 Å². The third-order valence-corrected chi connectivity index (χ3v) is 3.83. The smallest absolute Gasteiger partial charge is 0.129 e. The molecule has 1 atom stereocenters. The van der Waals surface area contributed by atoms with E-state index in [0.717, 1.165) is 5.56 Å². The molecular weight excluding hydrogens is 354 g/mol. The average Bonchev–Trinajstić information content (AvgIpc) is 2.35. The van der Waals surface area contributed by atoms with Crippen LogP contribution in [-0.2, 0) is 6.42 Å². The summed E-state index contributed by atoms with van der Waals surface area (Å²) < 4.78 is 14.4. The molecule has 0 aliphatic carbocycles. The molecule has 0 amide bonds. The molecule has 1 nitrogen and oxygen atoms in total. The fourth-order valence-corrected chi connectivity index (χ4v) is 2.64. The van der Waals surface area contributed by atoms with Crippen molar-refractivity contribution in [3.8, 4) is 0 Å². The second-order valence-corrected chi connectivity index (χ2v) is 5.88. The summed E-state index contributed by atoms with van der Waals surface area (Å²) in [4.78, 5) is 0. The highest BCUT2D eigenvalue weighted by atomic mass is 79.9. The number of aliphatic hydroxyl groups excluding tert-OH is 1. The predicted molar refractivity (Wildman–Crippen MR) is 79.2 cm³/mol. The minimum absolute atomic E-state index is 0.226. The van der Waals surface area contributed by atoms with Gasteiger partial charge in [-0.25, -0.2) is 4.39 Å². The van der Waals surface area contributed by atoms with Crippen molar-refractivity contribution in [2.24, 2.45) is 0 Å². The maximum atomic E-state index is 13.7.